The van der Waals surface area contributed by atoms with Gasteiger partial charge in [-0.25, -0.2) is 9.97 Å². The lowest BCUT2D eigenvalue weighted by Gasteiger charge is -2.24. The first-order valence-electron chi connectivity index (χ1n) is 13.0. The Labute approximate surface area is 222 Å². The monoisotopic (exact) mass is 515 g/mol. The first-order chi connectivity index (χ1) is 18.3. The minimum atomic E-state index is -0.638. The highest BCUT2D eigenvalue weighted by molar-refractivity contribution is 6.10. The van der Waals surface area contributed by atoms with E-state index in [1.165, 1.54) is 18.6 Å². The maximum Gasteiger partial charge on any atom is 0.218 e. The van der Waals surface area contributed by atoms with E-state index in [2.05, 4.69) is 33.9 Å². The average Bonchev–Trinajstić information content (AvgIpc) is 3.57. The Morgan fingerprint density at radius 3 is 2.79 bits per heavy atom. The first-order valence-corrected chi connectivity index (χ1v) is 13.0. The predicted molar refractivity (Wildman–Crippen MR) is 142 cm³/mol. The lowest BCUT2D eigenvalue weighted by molar-refractivity contribution is -0.157. The smallest absolute Gasteiger partial charge is 0.218 e. The lowest BCUT2D eigenvalue weighted by Crippen LogP contribution is -2.35. The van der Waals surface area contributed by atoms with Gasteiger partial charge in [0.05, 0.1) is 24.3 Å². The predicted octanol–water partition coefficient (Wildman–Crippen LogP) is 3.98. The molecule has 0 bridgehead atoms. The van der Waals surface area contributed by atoms with Crippen molar-refractivity contribution in [3.63, 3.8) is 0 Å². The molecule has 1 aliphatic carbocycles. The second-order valence-corrected chi connectivity index (χ2v) is 10.4. The van der Waals surface area contributed by atoms with Crippen LogP contribution in [0.1, 0.15) is 60.8 Å². The summed E-state index contributed by atoms with van der Waals surface area (Å²) in [7, 11) is 0. The summed E-state index contributed by atoms with van der Waals surface area (Å²) in [6.45, 7) is 10.0. The van der Waals surface area contributed by atoms with Crippen LogP contribution in [0.5, 0.6) is 0 Å². The molecular weight excluding hydrogens is 482 g/mol. The van der Waals surface area contributed by atoms with Crippen molar-refractivity contribution in [1.29, 1.82) is 0 Å². The van der Waals surface area contributed by atoms with E-state index in [9.17, 15) is 9.59 Å². The molecule has 2 fully saturated rings. The van der Waals surface area contributed by atoms with Crippen LogP contribution in [0.3, 0.4) is 0 Å². The molecule has 3 heterocycles. The number of ether oxygens (including phenoxy) is 2. The number of anilines is 1. The van der Waals surface area contributed by atoms with Crippen LogP contribution in [-0.4, -0.2) is 55.4 Å². The van der Waals surface area contributed by atoms with Crippen molar-refractivity contribution < 1.29 is 19.1 Å². The van der Waals surface area contributed by atoms with E-state index in [0.29, 0.717) is 36.0 Å². The summed E-state index contributed by atoms with van der Waals surface area (Å²) in [4.78, 5) is 33.7. The molecule has 9 heteroatoms. The SMILES string of the molecule is C=CC(=O)Cc1cccc(Cn2ccc(C(=O)c3cncnc3N[C@@H]3C[C@H](CC)[C@H]4OC(C)(C)O[C@H]43)n2)c1. The second-order valence-electron chi connectivity index (χ2n) is 10.4. The molecule has 1 aromatic carbocycles. The van der Waals surface area contributed by atoms with E-state index in [0.717, 1.165) is 24.0 Å². The van der Waals surface area contributed by atoms with Gasteiger partial charge in [-0.2, -0.15) is 5.10 Å². The fraction of sp³-hybridized carbons (Fsp3) is 0.414. The topological polar surface area (TPSA) is 108 Å². The molecule has 0 unspecified atom stereocenters. The van der Waals surface area contributed by atoms with Gasteiger partial charge >= 0.3 is 0 Å². The number of allylic oxidation sites excluding steroid dienone is 1. The van der Waals surface area contributed by atoms with Gasteiger partial charge in [0.2, 0.25) is 5.78 Å². The van der Waals surface area contributed by atoms with Gasteiger partial charge in [-0.15, -0.1) is 0 Å². The number of nitrogens with zero attached hydrogens (tertiary/aromatic N) is 4. The summed E-state index contributed by atoms with van der Waals surface area (Å²) in [6, 6.07) is 9.41. The summed E-state index contributed by atoms with van der Waals surface area (Å²) in [5.41, 5.74) is 2.55. The van der Waals surface area contributed by atoms with Crippen molar-refractivity contribution in [3.05, 3.63) is 84.1 Å². The van der Waals surface area contributed by atoms with E-state index >= 15 is 0 Å². The highest BCUT2D eigenvalue weighted by atomic mass is 16.8. The van der Waals surface area contributed by atoms with Gasteiger partial charge in [-0.05, 0) is 49.5 Å². The third-order valence-corrected chi connectivity index (χ3v) is 7.20. The summed E-state index contributed by atoms with van der Waals surface area (Å²) >= 11 is 0. The van der Waals surface area contributed by atoms with Crippen molar-refractivity contribution in [2.45, 2.75) is 70.6 Å². The summed E-state index contributed by atoms with van der Waals surface area (Å²) in [6.07, 6.45) is 8.10. The molecule has 1 aliphatic heterocycles. The maximum atomic E-state index is 13.5. The lowest BCUT2D eigenvalue weighted by atomic mass is 10.0. The zero-order valence-electron chi connectivity index (χ0n) is 22.0. The Balaban J connectivity index is 1.31. The van der Waals surface area contributed by atoms with Gasteiger partial charge in [0.25, 0.3) is 0 Å². The van der Waals surface area contributed by atoms with Crippen LogP contribution < -0.4 is 5.32 Å². The number of aromatic nitrogens is 4. The van der Waals surface area contributed by atoms with Crippen molar-refractivity contribution in [1.82, 2.24) is 19.7 Å². The Hall–Kier alpha value is -3.69. The molecule has 2 aliphatic rings. The molecule has 2 aromatic heterocycles. The third kappa shape index (κ3) is 5.44. The summed E-state index contributed by atoms with van der Waals surface area (Å²) in [5, 5.41) is 7.98. The molecule has 0 amide bonds. The van der Waals surface area contributed by atoms with Crippen LogP contribution in [-0.2, 0) is 27.2 Å². The maximum absolute atomic E-state index is 13.5. The number of hydrogen-bond acceptors (Lipinski definition) is 8. The number of fused-ring (bicyclic) bond motifs is 1. The van der Waals surface area contributed by atoms with Crippen LogP contribution in [0.2, 0.25) is 0 Å². The van der Waals surface area contributed by atoms with Gasteiger partial charge < -0.3 is 14.8 Å². The number of rotatable bonds is 10. The minimum absolute atomic E-state index is 0.0116. The Morgan fingerprint density at radius 2 is 2.00 bits per heavy atom. The average molecular weight is 516 g/mol. The molecule has 198 valence electrons. The molecule has 38 heavy (non-hydrogen) atoms. The quantitative estimate of drug-likeness (QED) is 0.319. The standard InChI is InChI=1S/C29H33N5O4/c1-5-20-14-24(27-26(20)37-29(3,4)38-27)32-28-22(15-30-17-31-28)25(36)23-10-11-34(33-23)16-19-9-7-8-18(12-19)13-21(35)6-2/h6-12,15,17,20,24,26-27H,2,5,13-14,16H2,1,3-4H3,(H,30,31,32)/t20-,24+,26+,27-/m0/s1. The molecule has 1 saturated carbocycles. The fourth-order valence-corrected chi connectivity index (χ4v) is 5.42. The minimum Gasteiger partial charge on any atom is -0.364 e. The molecular formula is C29H33N5O4. The number of nitrogens with one attached hydrogen (secondary N) is 1. The van der Waals surface area contributed by atoms with Crippen LogP contribution in [0.25, 0.3) is 0 Å². The Morgan fingerprint density at radius 1 is 1.21 bits per heavy atom. The van der Waals surface area contributed by atoms with E-state index in [1.54, 1.807) is 16.9 Å². The molecule has 5 rings (SSSR count). The van der Waals surface area contributed by atoms with Crippen molar-refractivity contribution >= 4 is 17.4 Å². The van der Waals surface area contributed by atoms with Gasteiger partial charge in [0, 0.05) is 18.8 Å². The molecule has 9 nitrogen and oxygen atoms in total. The molecule has 1 saturated heterocycles. The van der Waals surface area contributed by atoms with Crippen molar-refractivity contribution in [2.24, 2.45) is 5.92 Å². The molecule has 4 atom stereocenters. The zero-order valence-corrected chi connectivity index (χ0v) is 22.0. The largest absolute Gasteiger partial charge is 0.364 e. The van der Waals surface area contributed by atoms with Gasteiger partial charge in [-0.1, -0.05) is 44.2 Å². The number of benzene rings is 1. The normalized spacial score (nSPS) is 23.7. The van der Waals surface area contributed by atoms with E-state index in [-0.39, 0.29) is 29.8 Å². The Kier molecular flexibility index (Phi) is 7.23. The molecule has 3 aromatic rings. The highest BCUT2D eigenvalue weighted by Gasteiger charge is 2.53. The summed E-state index contributed by atoms with van der Waals surface area (Å²) < 4.78 is 14.1. The number of carbonyl (C=O) groups is 2. The second kappa shape index (κ2) is 10.6. The van der Waals surface area contributed by atoms with Crippen molar-refractivity contribution in [2.75, 3.05) is 5.32 Å². The molecule has 0 spiro atoms. The van der Waals surface area contributed by atoms with Crippen LogP contribution >= 0.6 is 0 Å². The molecule has 1 N–H and O–H groups in total. The van der Waals surface area contributed by atoms with Crippen molar-refractivity contribution in [3.8, 4) is 0 Å². The van der Waals surface area contributed by atoms with E-state index in [1.807, 2.05) is 38.1 Å². The molecule has 0 radical (unpaired) electrons. The Bertz CT molecular complexity index is 1350. The van der Waals surface area contributed by atoms with E-state index < -0.39 is 5.79 Å². The number of ketones is 2. The summed E-state index contributed by atoms with van der Waals surface area (Å²) in [5.74, 6) is -0.0984. The van der Waals surface area contributed by atoms with E-state index in [4.69, 9.17) is 9.47 Å². The zero-order chi connectivity index (χ0) is 26.9. The number of hydrogen-bond donors (Lipinski definition) is 1. The van der Waals surface area contributed by atoms with Crippen LogP contribution in [0, 0.1) is 5.92 Å². The number of carbonyl (C=O) groups excluding carboxylic acids is 2. The van der Waals surface area contributed by atoms with Crippen LogP contribution in [0.4, 0.5) is 5.82 Å². The van der Waals surface area contributed by atoms with Crippen LogP contribution in [0.15, 0.2) is 61.7 Å². The first kappa shape index (κ1) is 25.9. The highest BCUT2D eigenvalue weighted by Crippen LogP contribution is 2.43. The third-order valence-electron chi connectivity index (χ3n) is 7.20. The van der Waals surface area contributed by atoms with Gasteiger partial charge in [0.15, 0.2) is 11.6 Å². The fourth-order valence-electron chi connectivity index (χ4n) is 5.42. The van der Waals surface area contributed by atoms with Gasteiger partial charge in [0.1, 0.15) is 23.9 Å². The van der Waals surface area contributed by atoms with Gasteiger partial charge in [-0.3, -0.25) is 14.3 Å².